The molecule has 0 aromatic carbocycles. The van der Waals surface area contributed by atoms with Crippen LogP contribution >= 0.6 is 0 Å². The third kappa shape index (κ3) is 4.39. The van der Waals surface area contributed by atoms with Gasteiger partial charge in [0.15, 0.2) is 0 Å². The Hall–Kier alpha value is -0.500. The number of unbranched alkanes of at least 4 members (excludes halogenated alkanes) is 2. The maximum atomic E-state index is 5.59. The van der Waals surface area contributed by atoms with Crippen molar-refractivity contribution >= 4 is 0 Å². The van der Waals surface area contributed by atoms with Gasteiger partial charge in [-0.05, 0) is 13.3 Å². The topological polar surface area (TPSA) is 29.3 Å². The van der Waals surface area contributed by atoms with Crippen LogP contribution in [0.4, 0.5) is 0 Å². The Morgan fingerprint density at radius 2 is 2.10 bits per heavy atom. The van der Waals surface area contributed by atoms with Gasteiger partial charge in [-0.25, -0.2) is 5.84 Å². The van der Waals surface area contributed by atoms with Gasteiger partial charge in [0.05, 0.1) is 0 Å². The van der Waals surface area contributed by atoms with Crippen molar-refractivity contribution < 1.29 is 0 Å². The van der Waals surface area contributed by atoms with Crippen LogP contribution in [0.1, 0.15) is 33.1 Å². The second kappa shape index (κ2) is 5.30. The summed E-state index contributed by atoms with van der Waals surface area (Å²) < 4.78 is 0. The number of allylic oxidation sites excluding steroid dienone is 1. The van der Waals surface area contributed by atoms with Gasteiger partial charge in [0, 0.05) is 12.2 Å². The molecule has 0 radical (unpaired) electrons. The Bertz CT molecular complexity index is 99.4. The lowest BCUT2D eigenvalue weighted by Gasteiger charge is -2.17. The number of hydrogen-bond donors (Lipinski definition) is 1. The maximum absolute atomic E-state index is 5.59. The third-order valence-corrected chi connectivity index (χ3v) is 1.49. The minimum absolute atomic E-state index is 0.934. The van der Waals surface area contributed by atoms with E-state index in [4.69, 9.17) is 5.84 Å². The zero-order valence-electron chi connectivity index (χ0n) is 7.06. The highest BCUT2D eigenvalue weighted by atomic mass is 15.4. The quantitative estimate of drug-likeness (QED) is 0.361. The zero-order valence-corrected chi connectivity index (χ0v) is 7.06. The molecular formula is C8H18N2. The van der Waals surface area contributed by atoms with Crippen LogP contribution in [0, 0.1) is 0 Å². The largest absolute Gasteiger partial charge is 0.316 e. The Morgan fingerprint density at radius 1 is 1.50 bits per heavy atom. The summed E-state index contributed by atoms with van der Waals surface area (Å²) in [6, 6.07) is 0. The molecule has 0 rings (SSSR count). The molecule has 0 saturated heterocycles. The first kappa shape index (κ1) is 9.50. The van der Waals surface area contributed by atoms with Gasteiger partial charge in [-0.15, -0.1) is 0 Å². The maximum Gasteiger partial charge on any atom is 0.0338 e. The van der Waals surface area contributed by atoms with E-state index in [0.717, 1.165) is 12.2 Å². The molecule has 0 fully saturated rings. The van der Waals surface area contributed by atoms with Gasteiger partial charge in [0.2, 0.25) is 0 Å². The molecule has 60 valence electrons. The van der Waals surface area contributed by atoms with Crippen LogP contribution in [-0.2, 0) is 0 Å². The summed E-state index contributed by atoms with van der Waals surface area (Å²) in [6.07, 6.45) is 3.66. The molecule has 0 aromatic heterocycles. The second-order valence-electron chi connectivity index (χ2n) is 2.64. The van der Waals surface area contributed by atoms with Gasteiger partial charge < -0.3 is 5.01 Å². The molecule has 0 unspecified atom stereocenters. The Labute approximate surface area is 63.7 Å². The van der Waals surface area contributed by atoms with Crippen molar-refractivity contribution in [1.82, 2.24) is 5.01 Å². The minimum Gasteiger partial charge on any atom is -0.316 e. The van der Waals surface area contributed by atoms with Crippen molar-refractivity contribution in [3.05, 3.63) is 12.3 Å². The highest BCUT2D eigenvalue weighted by Crippen LogP contribution is 1.98. The van der Waals surface area contributed by atoms with E-state index >= 15 is 0 Å². The number of nitrogens with two attached hydrogens (primary N) is 1. The van der Waals surface area contributed by atoms with E-state index in [-0.39, 0.29) is 0 Å². The lowest BCUT2D eigenvalue weighted by molar-refractivity contribution is 0.350. The Kier molecular flexibility index (Phi) is 5.03. The van der Waals surface area contributed by atoms with E-state index in [2.05, 4.69) is 13.5 Å². The summed E-state index contributed by atoms with van der Waals surface area (Å²) in [5, 5.41) is 1.70. The summed E-state index contributed by atoms with van der Waals surface area (Å²) in [7, 11) is 0. The van der Waals surface area contributed by atoms with Crippen LogP contribution in [0.15, 0.2) is 12.3 Å². The molecule has 10 heavy (non-hydrogen) atoms. The van der Waals surface area contributed by atoms with Crippen molar-refractivity contribution in [3.63, 3.8) is 0 Å². The highest BCUT2D eigenvalue weighted by Gasteiger charge is 1.94. The number of nitrogens with zero attached hydrogens (tertiary/aromatic N) is 1. The van der Waals surface area contributed by atoms with Gasteiger partial charge in [-0.3, -0.25) is 0 Å². The van der Waals surface area contributed by atoms with Gasteiger partial charge in [-0.1, -0.05) is 26.3 Å². The first-order valence-corrected chi connectivity index (χ1v) is 3.86. The molecular weight excluding hydrogens is 124 g/mol. The molecule has 0 aliphatic heterocycles. The first-order chi connectivity index (χ1) is 4.68. The average Bonchev–Trinajstić information content (AvgIpc) is 1.88. The monoisotopic (exact) mass is 142 g/mol. The van der Waals surface area contributed by atoms with Crippen LogP contribution in [0.2, 0.25) is 0 Å². The van der Waals surface area contributed by atoms with E-state index < -0.39 is 0 Å². The predicted molar refractivity (Wildman–Crippen MR) is 45.2 cm³/mol. The van der Waals surface area contributed by atoms with Gasteiger partial charge in [0.25, 0.3) is 0 Å². The van der Waals surface area contributed by atoms with Crippen molar-refractivity contribution in [2.45, 2.75) is 33.1 Å². The molecule has 0 spiro atoms. The lowest BCUT2D eigenvalue weighted by Crippen LogP contribution is -2.29. The SMILES string of the molecule is C=C(C)N(N)CCCCC. The zero-order chi connectivity index (χ0) is 7.98. The summed E-state index contributed by atoms with van der Waals surface area (Å²) in [5.74, 6) is 5.59. The standard InChI is InChI=1S/C8H18N2/c1-4-5-6-7-10(9)8(2)3/h2,4-7,9H2,1,3H3. The van der Waals surface area contributed by atoms with Gasteiger partial charge in [-0.2, -0.15) is 0 Å². The second-order valence-corrected chi connectivity index (χ2v) is 2.64. The van der Waals surface area contributed by atoms with Crippen LogP contribution in [0.3, 0.4) is 0 Å². The van der Waals surface area contributed by atoms with E-state index in [9.17, 15) is 0 Å². The first-order valence-electron chi connectivity index (χ1n) is 3.86. The molecule has 2 N–H and O–H groups in total. The van der Waals surface area contributed by atoms with Crippen molar-refractivity contribution in [2.24, 2.45) is 5.84 Å². The van der Waals surface area contributed by atoms with Crippen molar-refractivity contribution in [1.29, 1.82) is 0 Å². The van der Waals surface area contributed by atoms with Crippen LogP contribution in [-0.4, -0.2) is 11.6 Å². The summed E-state index contributed by atoms with van der Waals surface area (Å²) >= 11 is 0. The normalized spacial score (nSPS) is 9.50. The molecule has 0 atom stereocenters. The summed E-state index contributed by atoms with van der Waals surface area (Å²) in [5.41, 5.74) is 0.941. The van der Waals surface area contributed by atoms with E-state index in [1.165, 1.54) is 19.3 Å². The Morgan fingerprint density at radius 3 is 2.50 bits per heavy atom. The number of rotatable bonds is 5. The molecule has 0 aromatic rings. The van der Waals surface area contributed by atoms with Crippen LogP contribution in [0.25, 0.3) is 0 Å². The highest BCUT2D eigenvalue weighted by molar-refractivity contribution is 4.84. The van der Waals surface area contributed by atoms with Crippen LogP contribution in [0.5, 0.6) is 0 Å². The van der Waals surface area contributed by atoms with Crippen molar-refractivity contribution in [3.8, 4) is 0 Å². The van der Waals surface area contributed by atoms with Crippen LogP contribution < -0.4 is 5.84 Å². The smallest absolute Gasteiger partial charge is 0.0338 e. The van der Waals surface area contributed by atoms with Gasteiger partial charge in [0.1, 0.15) is 0 Å². The molecule has 2 heteroatoms. The van der Waals surface area contributed by atoms with Gasteiger partial charge >= 0.3 is 0 Å². The minimum atomic E-state index is 0.934. The fraction of sp³-hybridized carbons (Fsp3) is 0.750. The molecule has 0 heterocycles. The van der Waals surface area contributed by atoms with Crippen molar-refractivity contribution in [2.75, 3.05) is 6.54 Å². The third-order valence-electron chi connectivity index (χ3n) is 1.49. The average molecular weight is 142 g/mol. The lowest BCUT2D eigenvalue weighted by atomic mass is 10.2. The molecule has 0 aliphatic rings. The summed E-state index contributed by atoms with van der Waals surface area (Å²) in [6.45, 7) is 8.77. The molecule has 2 nitrogen and oxygen atoms in total. The van der Waals surface area contributed by atoms with E-state index in [0.29, 0.717) is 0 Å². The molecule has 0 saturated carbocycles. The predicted octanol–water partition coefficient (Wildman–Crippen LogP) is 1.89. The summed E-state index contributed by atoms with van der Waals surface area (Å²) in [4.78, 5) is 0. The Balaban J connectivity index is 3.21. The molecule has 0 amide bonds. The number of hydrazine groups is 1. The fourth-order valence-electron chi connectivity index (χ4n) is 0.723. The molecule has 0 bridgehead atoms. The van der Waals surface area contributed by atoms with E-state index in [1.807, 2.05) is 6.92 Å². The number of hydrogen-bond acceptors (Lipinski definition) is 2. The molecule has 0 aliphatic carbocycles. The van der Waals surface area contributed by atoms with E-state index in [1.54, 1.807) is 5.01 Å². The fourth-order valence-corrected chi connectivity index (χ4v) is 0.723.